The van der Waals surface area contributed by atoms with Gasteiger partial charge in [0.2, 0.25) is 0 Å². The van der Waals surface area contributed by atoms with Crippen molar-refractivity contribution in [3.8, 4) is 11.5 Å². The summed E-state index contributed by atoms with van der Waals surface area (Å²) in [6.45, 7) is 5.08. The monoisotopic (exact) mass is 489 g/mol. The van der Waals surface area contributed by atoms with Gasteiger partial charge in [-0.3, -0.25) is 14.8 Å². The highest BCUT2D eigenvalue weighted by Gasteiger charge is 2.31. The second-order valence-corrected chi connectivity index (χ2v) is 9.61. The highest BCUT2D eigenvalue weighted by atomic mass is 16.5. The summed E-state index contributed by atoms with van der Waals surface area (Å²) in [4.78, 5) is 9.63. The first-order valence-electron chi connectivity index (χ1n) is 12.9. The number of hydrogen-bond donors (Lipinski definition) is 1. The number of hydrogen-bond acceptors (Lipinski definition) is 6. The molecule has 0 radical (unpaired) electrons. The molecule has 2 aromatic carbocycles. The summed E-state index contributed by atoms with van der Waals surface area (Å²) in [5.41, 5.74) is 3.33. The van der Waals surface area contributed by atoms with Crippen molar-refractivity contribution in [1.29, 1.82) is 0 Å². The lowest BCUT2D eigenvalue weighted by atomic mass is 9.84. The highest BCUT2D eigenvalue weighted by Crippen LogP contribution is 2.32. The van der Waals surface area contributed by atoms with Crippen molar-refractivity contribution in [2.45, 2.75) is 38.4 Å². The molecule has 0 saturated carbocycles. The SMILES string of the molecule is COCCN(Cc1ccccn1)C(Cc1ccccc1)C1CCN(Cc2c(O)cccc2OC)CC1. The minimum Gasteiger partial charge on any atom is -0.507 e. The Hall–Kier alpha value is -2.93. The van der Waals surface area contributed by atoms with Gasteiger partial charge in [-0.1, -0.05) is 42.5 Å². The molecule has 1 aliphatic rings. The van der Waals surface area contributed by atoms with Gasteiger partial charge >= 0.3 is 0 Å². The van der Waals surface area contributed by atoms with Crippen LogP contribution < -0.4 is 4.74 Å². The molecule has 192 valence electrons. The van der Waals surface area contributed by atoms with Crippen LogP contribution in [-0.4, -0.2) is 66.4 Å². The number of pyridine rings is 1. The Morgan fingerprint density at radius 1 is 1.00 bits per heavy atom. The molecule has 0 bridgehead atoms. The van der Waals surface area contributed by atoms with Crippen molar-refractivity contribution >= 4 is 0 Å². The Morgan fingerprint density at radius 3 is 2.47 bits per heavy atom. The molecule has 3 aromatic rings. The first kappa shape index (κ1) is 26.1. The summed E-state index contributed by atoms with van der Waals surface area (Å²) in [6, 6.07) is 22.9. The quantitative estimate of drug-likeness (QED) is 0.396. The second kappa shape index (κ2) is 13.4. The lowest BCUT2D eigenvalue weighted by molar-refractivity contribution is 0.0561. The molecule has 6 nitrogen and oxygen atoms in total. The van der Waals surface area contributed by atoms with Crippen LogP contribution in [0.25, 0.3) is 0 Å². The maximum Gasteiger partial charge on any atom is 0.127 e. The largest absolute Gasteiger partial charge is 0.507 e. The van der Waals surface area contributed by atoms with Gasteiger partial charge < -0.3 is 14.6 Å². The van der Waals surface area contributed by atoms with Gasteiger partial charge in [0, 0.05) is 44.5 Å². The van der Waals surface area contributed by atoms with E-state index < -0.39 is 0 Å². The Morgan fingerprint density at radius 2 is 1.78 bits per heavy atom. The predicted octanol–water partition coefficient (Wildman–Crippen LogP) is 4.77. The second-order valence-electron chi connectivity index (χ2n) is 9.61. The number of aromatic hydroxyl groups is 1. The molecule has 1 fully saturated rings. The summed E-state index contributed by atoms with van der Waals surface area (Å²) in [5, 5.41) is 10.4. The fourth-order valence-electron chi connectivity index (χ4n) is 5.34. The number of nitrogens with zero attached hydrogens (tertiary/aromatic N) is 3. The number of methoxy groups -OCH3 is 2. The van der Waals surface area contributed by atoms with Gasteiger partial charge in [0.15, 0.2) is 0 Å². The van der Waals surface area contributed by atoms with Crippen LogP contribution in [-0.2, 0) is 24.2 Å². The molecule has 2 heterocycles. The van der Waals surface area contributed by atoms with Gasteiger partial charge in [0.1, 0.15) is 11.5 Å². The molecule has 1 saturated heterocycles. The number of aromatic nitrogens is 1. The van der Waals surface area contributed by atoms with Crippen molar-refractivity contribution in [1.82, 2.24) is 14.8 Å². The molecule has 1 aromatic heterocycles. The molecule has 1 N–H and O–H groups in total. The van der Waals surface area contributed by atoms with E-state index in [1.165, 1.54) is 5.56 Å². The van der Waals surface area contributed by atoms with Crippen molar-refractivity contribution in [2.75, 3.05) is 40.5 Å². The van der Waals surface area contributed by atoms with Gasteiger partial charge in [-0.05, 0) is 68.1 Å². The number of piperidine rings is 1. The number of likely N-dealkylation sites (tertiary alicyclic amines) is 1. The standard InChI is InChI=1S/C30H39N3O3/c1-35-20-19-33(22-26-11-6-7-16-31-26)28(21-24-9-4-3-5-10-24)25-14-17-32(18-15-25)23-27-29(34)12-8-13-30(27)36-2/h3-13,16,25,28,34H,14-15,17-23H2,1-2H3. The molecule has 0 aliphatic carbocycles. The van der Waals surface area contributed by atoms with Crippen LogP contribution >= 0.6 is 0 Å². The highest BCUT2D eigenvalue weighted by molar-refractivity contribution is 5.43. The maximum atomic E-state index is 10.4. The van der Waals surface area contributed by atoms with Gasteiger partial charge in [-0.25, -0.2) is 0 Å². The fraction of sp³-hybridized carbons (Fsp3) is 0.433. The summed E-state index contributed by atoms with van der Waals surface area (Å²) < 4.78 is 11.0. The van der Waals surface area contributed by atoms with E-state index in [1.807, 2.05) is 24.4 Å². The average molecular weight is 490 g/mol. The smallest absolute Gasteiger partial charge is 0.127 e. The predicted molar refractivity (Wildman–Crippen MR) is 143 cm³/mol. The average Bonchev–Trinajstić information content (AvgIpc) is 2.92. The van der Waals surface area contributed by atoms with Crippen molar-refractivity contribution in [3.05, 3.63) is 89.7 Å². The van der Waals surface area contributed by atoms with E-state index in [0.717, 1.165) is 62.4 Å². The Bertz CT molecular complexity index is 1040. The first-order valence-corrected chi connectivity index (χ1v) is 12.9. The van der Waals surface area contributed by atoms with Crippen LogP contribution in [0, 0.1) is 5.92 Å². The molecule has 36 heavy (non-hydrogen) atoms. The third kappa shape index (κ3) is 7.06. The third-order valence-corrected chi connectivity index (χ3v) is 7.32. The van der Waals surface area contributed by atoms with E-state index in [4.69, 9.17) is 9.47 Å². The van der Waals surface area contributed by atoms with Crippen LogP contribution in [0.5, 0.6) is 11.5 Å². The van der Waals surface area contributed by atoms with Crippen LogP contribution in [0.4, 0.5) is 0 Å². The van der Waals surface area contributed by atoms with Crippen molar-refractivity contribution in [3.63, 3.8) is 0 Å². The molecule has 1 aliphatic heterocycles. The molecule has 0 amide bonds. The Labute approximate surface area is 215 Å². The first-order chi connectivity index (χ1) is 17.7. The molecular weight excluding hydrogens is 450 g/mol. The third-order valence-electron chi connectivity index (χ3n) is 7.32. The summed E-state index contributed by atoms with van der Waals surface area (Å²) in [5.74, 6) is 1.62. The fourth-order valence-corrected chi connectivity index (χ4v) is 5.34. The number of ether oxygens (including phenoxy) is 2. The van der Waals surface area contributed by atoms with E-state index in [9.17, 15) is 5.11 Å². The van der Waals surface area contributed by atoms with Crippen LogP contribution in [0.15, 0.2) is 72.9 Å². The summed E-state index contributed by atoms with van der Waals surface area (Å²) in [6.07, 6.45) is 5.11. The number of phenolic OH excluding ortho intramolecular Hbond substituents is 1. The van der Waals surface area contributed by atoms with E-state index in [-0.39, 0.29) is 0 Å². The maximum absolute atomic E-state index is 10.4. The molecule has 1 unspecified atom stereocenters. The molecule has 4 rings (SSSR count). The van der Waals surface area contributed by atoms with Gasteiger partial charge in [0.25, 0.3) is 0 Å². The topological polar surface area (TPSA) is 58.1 Å². The zero-order valence-corrected chi connectivity index (χ0v) is 21.6. The van der Waals surface area contributed by atoms with Gasteiger partial charge in [-0.15, -0.1) is 0 Å². The molecule has 0 spiro atoms. The molecule has 6 heteroatoms. The van der Waals surface area contributed by atoms with E-state index in [0.29, 0.717) is 30.9 Å². The minimum atomic E-state index is 0.305. The van der Waals surface area contributed by atoms with E-state index in [2.05, 4.69) is 57.2 Å². The zero-order chi connectivity index (χ0) is 25.2. The van der Waals surface area contributed by atoms with Gasteiger partial charge in [-0.2, -0.15) is 0 Å². The Balaban J connectivity index is 1.49. The summed E-state index contributed by atoms with van der Waals surface area (Å²) in [7, 11) is 3.44. The number of phenols is 1. The minimum absolute atomic E-state index is 0.305. The molecule has 1 atom stereocenters. The van der Waals surface area contributed by atoms with Crippen LogP contribution in [0.3, 0.4) is 0 Å². The van der Waals surface area contributed by atoms with Crippen molar-refractivity contribution in [2.24, 2.45) is 5.92 Å². The lowest BCUT2D eigenvalue weighted by Crippen LogP contribution is -2.47. The summed E-state index contributed by atoms with van der Waals surface area (Å²) >= 11 is 0. The zero-order valence-electron chi connectivity index (χ0n) is 21.6. The normalized spacial score (nSPS) is 15.8. The van der Waals surface area contributed by atoms with Crippen LogP contribution in [0.1, 0.15) is 29.7 Å². The van der Waals surface area contributed by atoms with E-state index in [1.54, 1.807) is 20.3 Å². The van der Waals surface area contributed by atoms with Crippen molar-refractivity contribution < 1.29 is 14.6 Å². The number of benzene rings is 2. The van der Waals surface area contributed by atoms with Crippen LogP contribution in [0.2, 0.25) is 0 Å². The Kier molecular flexibility index (Phi) is 9.73. The number of rotatable bonds is 12. The lowest BCUT2D eigenvalue weighted by Gasteiger charge is -2.41. The molecular formula is C30H39N3O3. The van der Waals surface area contributed by atoms with Gasteiger partial charge in [0.05, 0.1) is 19.4 Å². The van der Waals surface area contributed by atoms with E-state index >= 15 is 0 Å².